The van der Waals surface area contributed by atoms with Crippen molar-refractivity contribution in [2.75, 3.05) is 25.1 Å². The van der Waals surface area contributed by atoms with Crippen molar-refractivity contribution in [1.29, 1.82) is 0 Å². The van der Waals surface area contributed by atoms with Crippen LogP contribution in [0.3, 0.4) is 0 Å². The minimum absolute atomic E-state index is 0.621. The van der Waals surface area contributed by atoms with Gasteiger partial charge in [0.1, 0.15) is 25.4 Å². The Morgan fingerprint density at radius 3 is 2.84 bits per heavy atom. The lowest BCUT2D eigenvalue weighted by Gasteiger charge is -2.18. The number of benzene rings is 1. The molecule has 0 fully saturated rings. The summed E-state index contributed by atoms with van der Waals surface area (Å²) < 4.78 is 11.1. The maximum Gasteiger partial charge on any atom is 0.161 e. The van der Waals surface area contributed by atoms with Gasteiger partial charge in [0, 0.05) is 12.7 Å². The topological polar surface area (TPSA) is 56.3 Å². The molecule has 0 radical (unpaired) electrons. The van der Waals surface area contributed by atoms with Crippen LogP contribution >= 0.6 is 0 Å². The van der Waals surface area contributed by atoms with Gasteiger partial charge in [0.25, 0.3) is 0 Å². The molecular weight excluding hydrogens is 242 g/mol. The average Bonchev–Trinajstić information content (AvgIpc) is 2.48. The highest BCUT2D eigenvalue weighted by molar-refractivity contribution is 5.44. The molecule has 0 amide bonds. The van der Waals surface area contributed by atoms with Crippen molar-refractivity contribution in [3.05, 3.63) is 42.4 Å². The van der Waals surface area contributed by atoms with Gasteiger partial charge < -0.3 is 14.8 Å². The molecule has 5 nitrogen and oxygen atoms in total. The second kappa shape index (κ2) is 5.56. The third kappa shape index (κ3) is 2.93. The second-order valence-corrected chi connectivity index (χ2v) is 4.25. The van der Waals surface area contributed by atoms with Gasteiger partial charge in [0.05, 0.1) is 0 Å². The summed E-state index contributed by atoms with van der Waals surface area (Å²) in [5, 5.41) is 3.25. The van der Waals surface area contributed by atoms with Gasteiger partial charge in [-0.1, -0.05) is 6.07 Å². The Labute approximate surface area is 111 Å². The van der Waals surface area contributed by atoms with E-state index in [-0.39, 0.29) is 0 Å². The zero-order valence-electron chi connectivity index (χ0n) is 10.5. The van der Waals surface area contributed by atoms with Crippen LogP contribution in [0.15, 0.2) is 36.8 Å². The summed E-state index contributed by atoms with van der Waals surface area (Å²) in [7, 11) is 0. The van der Waals surface area contributed by atoms with Gasteiger partial charge in [-0.2, -0.15) is 0 Å². The molecule has 98 valence electrons. The van der Waals surface area contributed by atoms with Crippen molar-refractivity contribution in [2.24, 2.45) is 0 Å². The number of nitrogens with zero attached hydrogens (tertiary/aromatic N) is 2. The lowest BCUT2D eigenvalue weighted by Crippen LogP contribution is -2.15. The monoisotopic (exact) mass is 257 g/mol. The Balaban J connectivity index is 1.58. The largest absolute Gasteiger partial charge is 0.486 e. The van der Waals surface area contributed by atoms with E-state index >= 15 is 0 Å². The lowest BCUT2D eigenvalue weighted by molar-refractivity contribution is 0.171. The van der Waals surface area contributed by atoms with Crippen LogP contribution in [0.1, 0.15) is 5.56 Å². The van der Waals surface area contributed by atoms with E-state index in [2.05, 4.69) is 21.4 Å². The normalized spacial score (nSPS) is 13.1. The van der Waals surface area contributed by atoms with Crippen LogP contribution in [0, 0.1) is 0 Å². The molecule has 1 aromatic carbocycles. The molecule has 3 rings (SSSR count). The van der Waals surface area contributed by atoms with E-state index in [1.54, 1.807) is 6.20 Å². The number of aromatic nitrogens is 2. The Kier molecular flexibility index (Phi) is 3.45. The summed E-state index contributed by atoms with van der Waals surface area (Å²) in [6, 6.07) is 7.92. The maximum atomic E-state index is 5.56. The van der Waals surface area contributed by atoms with Crippen LogP contribution in [-0.4, -0.2) is 29.7 Å². The number of hydrogen-bond acceptors (Lipinski definition) is 5. The van der Waals surface area contributed by atoms with Gasteiger partial charge in [0.15, 0.2) is 11.5 Å². The maximum absolute atomic E-state index is 5.56. The minimum Gasteiger partial charge on any atom is -0.486 e. The SMILES string of the molecule is c1cc(NCCc2ccc3c(c2)OCCO3)ncn1. The predicted octanol–water partition coefficient (Wildman–Crippen LogP) is 1.90. The van der Waals surface area contributed by atoms with E-state index in [0.29, 0.717) is 13.2 Å². The molecule has 1 aromatic heterocycles. The molecule has 0 unspecified atom stereocenters. The fourth-order valence-corrected chi connectivity index (χ4v) is 1.97. The van der Waals surface area contributed by atoms with Gasteiger partial charge in [-0.3, -0.25) is 0 Å². The van der Waals surface area contributed by atoms with E-state index in [1.807, 2.05) is 18.2 Å². The first kappa shape index (κ1) is 11.8. The van der Waals surface area contributed by atoms with Crippen LogP contribution in [0.5, 0.6) is 11.5 Å². The minimum atomic E-state index is 0.621. The van der Waals surface area contributed by atoms with Crippen LogP contribution in [-0.2, 0) is 6.42 Å². The Bertz CT molecular complexity index is 546. The molecule has 2 heterocycles. The zero-order chi connectivity index (χ0) is 12.9. The third-order valence-electron chi connectivity index (χ3n) is 2.91. The van der Waals surface area contributed by atoms with E-state index < -0.39 is 0 Å². The fraction of sp³-hybridized carbons (Fsp3) is 0.286. The quantitative estimate of drug-likeness (QED) is 0.906. The van der Waals surface area contributed by atoms with Gasteiger partial charge in [0.2, 0.25) is 0 Å². The summed E-state index contributed by atoms with van der Waals surface area (Å²) >= 11 is 0. The van der Waals surface area contributed by atoms with Crippen LogP contribution in [0.2, 0.25) is 0 Å². The number of rotatable bonds is 4. The van der Waals surface area contributed by atoms with Crippen molar-refractivity contribution in [1.82, 2.24) is 9.97 Å². The highest BCUT2D eigenvalue weighted by Gasteiger charge is 2.11. The van der Waals surface area contributed by atoms with E-state index in [4.69, 9.17) is 9.47 Å². The number of fused-ring (bicyclic) bond motifs is 1. The van der Waals surface area contributed by atoms with Crippen LogP contribution in [0.25, 0.3) is 0 Å². The molecule has 1 N–H and O–H groups in total. The van der Waals surface area contributed by atoms with E-state index in [9.17, 15) is 0 Å². The predicted molar refractivity (Wildman–Crippen MR) is 71.7 cm³/mol. The van der Waals surface area contributed by atoms with Crippen LogP contribution in [0.4, 0.5) is 5.82 Å². The highest BCUT2D eigenvalue weighted by Crippen LogP contribution is 2.30. The molecule has 0 saturated heterocycles. The molecule has 5 heteroatoms. The number of hydrogen-bond donors (Lipinski definition) is 1. The molecule has 2 aromatic rings. The van der Waals surface area contributed by atoms with Gasteiger partial charge in [-0.15, -0.1) is 0 Å². The van der Waals surface area contributed by atoms with Gasteiger partial charge in [-0.25, -0.2) is 9.97 Å². The summed E-state index contributed by atoms with van der Waals surface area (Å²) in [6.45, 7) is 2.06. The van der Waals surface area contributed by atoms with Crippen molar-refractivity contribution < 1.29 is 9.47 Å². The number of ether oxygens (including phenoxy) is 2. The molecule has 1 aliphatic rings. The third-order valence-corrected chi connectivity index (χ3v) is 2.91. The molecule has 0 spiro atoms. The summed E-state index contributed by atoms with van der Waals surface area (Å²) in [6.07, 6.45) is 4.16. The molecule has 0 bridgehead atoms. The second-order valence-electron chi connectivity index (χ2n) is 4.25. The summed E-state index contributed by atoms with van der Waals surface area (Å²) in [5.74, 6) is 2.51. The molecule has 19 heavy (non-hydrogen) atoms. The van der Waals surface area contributed by atoms with Crippen molar-refractivity contribution in [2.45, 2.75) is 6.42 Å². The number of anilines is 1. The molecule has 1 aliphatic heterocycles. The number of nitrogens with one attached hydrogen (secondary N) is 1. The van der Waals surface area contributed by atoms with Crippen molar-refractivity contribution >= 4 is 5.82 Å². The molecular formula is C14H15N3O2. The fourth-order valence-electron chi connectivity index (χ4n) is 1.97. The summed E-state index contributed by atoms with van der Waals surface area (Å²) in [4.78, 5) is 7.99. The smallest absolute Gasteiger partial charge is 0.161 e. The first-order chi connectivity index (χ1) is 9.42. The van der Waals surface area contributed by atoms with Crippen molar-refractivity contribution in [3.8, 4) is 11.5 Å². The first-order valence-corrected chi connectivity index (χ1v) is 6.30. The van der Waals surface area contributed by atoms with Crippen molar-refractivity contribution in [3.63, 3.8) is 0 Å². The Hall–Kier alpha value is -2.30. The molecule has 0 atom stereocenters. The summed E-state index contributed by atoms with van der Waals surface area (Å²) in [5.41, 5.74) is 1.21. The van der Waals surface area contributed by atoms with E-state index in [0.717, 1.165) is 30.3 Å². The standard InChI is InChI=1S/C14H15N3O2/c1-2-12-13(19-8-7-18-12)9-11(1)3-6-16-14-4-5-15-10-17-14/h1-2,4-5,9-10H,3,6-8H2,(H,15,16,17). The Morgan fingerprint density at radius 2 is 2.00 bits per heavy atom. The highest BCUT2D eigenvalue weighted by atomic mass is 16.6. The first-order valence-electron chi connectivity index (χ1n) is 6.30. The lowest BCUT2D eigenvalue weighted by atomic mass is 10.1. The van der Waals surface area contributed by atoms with Crippen LogP contribution < -0.4 is 14.8 Å². The van der Waals surface area contributed by atoms with Gasteiger partial charge >= 0.3 is 0 Å². The average molecular weight is 257 g/mol. The van der Waals surface area contributed by atoms with Gasteiger partial charge in [-0.05, 0) is 30.2 Å². The molecule has 0 saturated carbocycles. The Morgan fingerprint density at radius 1 is 1.11 bits per heavy atom. The zero-order valence-corrected chi connectivity index (χ0v) is 10.5. The van der Waals surface area contributed by atoms with E-state index in [1.165, 1.54) is 11.9 Å². The molecule has 0 aliphatic carbocycles.